The van der Waals surface area contributed by atoms with E-state index in [-0.39, 0.29) is 0 Å². The summed E-state index contributed by atoms with van der Waals surface area (Å²) in [4.78, 5) is 0.390. The molecule has 19 heavy (non-hydrogen) atoms. The lowest BCUT2D eigenvalue weighted by atomic mass is 9.92. The monoisotopic (exact) mass is 282 g/mol. The van der Waals surface area contributed by atoms with Crippen molar-refractivity contribution in [1.29, 1.82) is 0 Å². The van der Waals surface area contributed by atoms with Crippen LogP contribution >= 0.6 is 0 Å². The van der Waals surface area contributed by atoms with E-state index >= 15 is 0 Å². The van der Waals surface area contributed by atoms with Crippen molar-refractivity contribution < 1.29 is 8.42 Å². The summed E-state index contributed by atoms with van der Waals surface area (Å²) in [7, 11) is -3.37. The second kappa shape index (κ2) is 6.50. The molecule has 3 N–H and O–H groups in total. The molecular weight excluding hydrogens is 260 g/mol. The number of rotatable bonds is 6. The highest BCUT2D eigenvalue weighted by molar-refractivity contribution is 7.89. The van der Waals surface area contributed by atoms with Crippen molar-refractivity contribution in [2.24, 2.45) is 5.73 Å². The Bertz CT molecular complexity index is 526. The van der Waals surface area contributed by atoms with Crippen molar-refractivity contribution in [3.8, 4) is 0 Å². The van der Waals surface area contributed by atoms with Crippen LogP contribution in [0.1, 0.15) is 36.8 Å². The Hall–Kier alpha value is -0.910. The topological polar surface area (TPSA) is 72.2 Å². The molecule has 0 bridgehead atoms. The summed E-state index contributed by atoms with van der Waals surface area (Å²) >= 11 is 0. The van der Waals surface area contributed by atoms with Crippen LogP contribution in [-0.2, 0) is 22.9 Å². The Morgan fingerprint density at radius 3 is 2.58 bits per heavy atom. The van der Waals surface area contributed by atoms with Crippen molar-refractivity contribution in [3.63, 3.8) is 0 Å². The summed E-state index contributed by atoms with van der Waals surface area (Å²) in [5, 5.41) is 0. The quantitative estimate of drug-likeness (QED) is 0.778. The maximum atomic E-state index is 12.1. The smallest absolute Gasteiger partial charge is 0.240 e. The van der Waals surface area contributed by atoms with Crippen molar-refractivity contribution in [3.05, 3.63) is 29.3 Å². The zero-order valence-electron chi connectivity index (χ0n) is 11.2. The van der Waals surface area contributed by atoms with E-state index in [4.69, 9.17) is 5.73 Å². The molecule has 0 unspecified atom stereocenters. The van der Waals surface area contributed by atoms with E-state index in [1.54, 1.807) is 6.07 Å². The number of hydrogen-bond donors (Lipinski definition) is 2. The molecule has 4 nitrogen and oxygen atoms in total. The molecule has 0 fully saturated rings. The molecule has 0 saturated carbocycles. The van der Waals surface area contributed by atoms with Gasteiger partial charge in [0, 0.05) is 6.54 Å². The molecule has 1 aliphatic carbocycles. The summed E-state index contributed by atoms with van der Waals surface area (Å²) in [6.07, 6.45) is 6.04. The summed E-state index contributed by atoms with van der Waals surface area (Å²) in [6.45, 7) is 1.05. The molecule has 1 aromatic rings. The van der Waals surface area contributed by atoms with Crippen LogP contribution in [-0.4, -0.2) is 21.5 Å². The van der Waals surface area contributed by atoms with Gasteiger partial charge in [-0.15, -0.1) is 0 Å². The molecule has 0 aliphatic heterocycles. The van der Waals surface area contributed by atoms with Crippen molar-refractivity contribution >= 4 is 10.0 Å². The molecule has 0 heterocycles. The minimum Gasteiger partial charge on any atom is -0.330 e. The fourth-order valence-corrected chi connectivity index (χ4v) is 3.56. The van der Waals surface area contributed by atoms with Gasteiger partial charge < -0.3 is 5.73 Å². The SMILES string of the molecule is NCCCCNS(=O)(=O)c1ccc2c(c1)CCCC2. The highest BCUT2D eigenvalue weighted by atomic mass is 32.2. The van der Waals surface area contributed by atoms with Gasteiger partial charge in [0.05, 0.1) is 4.90 Å². The molecule has 5 heteroatoms. The van der Waals surface area contributed by atoms with Gasteiger partial charge in [-0.05, 0) is 68.3 Å². The molecule has 0 amide bonds. The highest BCUT2D eigenvalue weighted by Gasteiger charge is 2.16. The van der Waals surface area contributed by atoms with Gasteiger partial charge in [-0.25, -0.2) is 13.1 Å². The number of hydrogen-bond acceptors (Lipinski definition) is 3. The Labute approximate surface area is 115 Å². The summed E-state index contributed by atoms with van der Waals surface area (Å²) in [5.74, 6) is 0. The van der Waals surface area contributed by atoms with Gasteiger partial charge in [-0.1, -0.05) is 6.07 Å². The highest BCUT2D eigenvalue weighted by Crippen LogP contribution is 2.23. The van der Waals surface area contributed by atoms with E-state index in [9.17, 15) is 8.42 Å². The largest absolute Gasteiger partial charge is 0.330 e. The second-order valence-corrected chi connectivity index (χ2v) is 6.80. The first-order valence-corrected chi connectivity index (χ1v) is 8.43. The van der Waals surface area contributed by atoms with Crippen LogP contribution in [0.15, 0.2) is 23.1 Å². The molecule has 106 valence electrons. The third-order valence-corrected chi connectivity index (χ3v) is 5.01. The van der Waals surface area contributed by atoms with Crippen LogP contribution in [0.25, 0.3) is 0 Å². The predicted molar refractivity (Wildman–Crippen MR) is 76.6 cm³/mol. The van der Waals surface area contributed by atoms with E-state index in [1.165, 1.54) is 17.5 Å². The van der Waals surface area contributed by atoms with Crippen molar-refractivity contribution in [2.45, 2.75) is 43.4 Å². The molecule has 0 spiro atoms. The van der Waals surface area contributed by atoms with E-state index in [0.717, 1.165) is 32.1 Å². The number of unbranched alkanes of at least 4 members (excludes halogenated alkanes) is 1. The Morgan fingerprint density at radius 1 is 1.11 bits per heavy atom. The van der Waals surface area contributed by atoms with Crippen LogP contribution in [0.4, 0.5) is 0 Å². The van der Waals surface area contributed by atoms with Crippen LogP contribution in [0.2, 0.25) is 0 Å². The molecule has 0 saturated heterocycles. The minimum absolute atomic E-state index is 0.390. The summed E-state index contributed by atoms with van der Waals surface area (Å²) in [6, 6.07) is 5.51. The molecule has 0 aromatic heterocycles. The molecule has 1 aliphatic rings. The lowest BCUT2D eigenvalue weighted by Gasteiger charge is -2.16. The van der Waals surface area contributed by atoms with E-state index in [0.29, 0.717) is 18.0 Å². The molecule has 0 atom stereocenters. The standard InChI is InChI=1S/C14H22N2O2S/c15-9-3-4-10-16-19(17,18)14-8-7-12-5-1-2-6-13(12)11-14/h7-8,11,16H,1-6,9-10,15H2. The second-order valence-electron chi connectivity index (χ2n) is 5.03. The number of sulfonamides is 1. The lowest BCUT2D eigenvalue weighted by Crippen LogP contribution is -2.25. The maximum Gasteiger partial charge on any atom is 0.240 e. The van der Waals surface area contributed by atoms with E-state index < -0.39 is 10.0 Å². The molecule has 2 rings (SSSR count). The number of benzene rings is 1. The van der Waals surface area contributed by atoms with Crippen LogP contribution in [0, 0.1) is 0 Å². The predicted octanol–water partition coefficient (Wildman–Crippen LogP) is 1.58. The number of aryl methyl sites for hydroxylation is 2. The molecule has 0 radical (unpaired) electrons. The van der Waals surface area contributed by atoms with Crippen LogP contribution in [0.5, 0.6) is 0 Å². The fraction of sp³-hybridized carbons (Fsp3) is 0.571. The number of nitrogens with one attached hydrogen (secondary N) is 1. The average Bonchev–Trinajstić information content (AvgIpc) is 2.43. The van der Waals surface area contributed by atoms with Gasteiger partial charge in [0.15, 0.2) is 0 Å². The third kappa shape index (κ3) is 3.78. The van der Waals surface area contributed by atoms with Crippen LogP contribution < -0.4 is 10.5 Å². The van der Waals surface area contributed by atoms with Crippen molar-refractivity contribution in [2.75, 3.05) is 13.1 Å². The fourth-order valence-electron chi connectivity index (χ4n) is 2.44. The average molecular weight is 282 g/mol. The normalized spacial score (nSPS) is 15.2. The van der Waals surface area contributed by atoms with Gasteiger partial charge in [-0.3, -0.25) is 0 Å². The van der Waals surface area contributed by atoms with E-state index in [1.807, 2.05) is 12.1 Å². The third-order valence-electron chi connectivity index (χ3n) is 3.55. The molecule has 1 aromatic carbocycles. The van der Waals surface area contributed by atoms with E-state index in [2.05, 4.69) is 4.72 Å². The minimum atomic E-state index is -3.37. The zero-order valence-corrected chi connectivity index (χ0v) is 12.0. The maximum absolute atomic E-state index is 12.1. The van der Waals surface area contributed by atoms with Gasteiger partial charge in [0.1, 0.15) is 0 Å². The number of nitrogens with two attached hydrogens (primary N) is 1. The number of fused-ring (bicyclic) bond motifs is 1. The lowest BCUT2D eigenvalue weighted by molar-refractivity contribution is 0.576. The zero-order chi connectivity index (χ0) is 13.7. The van der Waals surface area contributed by atoms with Gasteiger partial charge in [-0.2, -0.15) is 0 Å². The van der Waals surface area contributed by atoms with Gasteiger partial charge in [0.2, 0.25) is 10.0 Å². The summed E-state index contributed by atoms with van der Waals surface area (Å²) in [5.41, 5.74) is 7.88. The first-order valence-electron chi connectivity index (χ1n) is 6.95. The molecular formula is C14H22N2O2S. The van der Waals surface area contributed by atoms with Gasteiger partial charge >= 0.3 is 0 Å². The summed E-state index contributed by atoms with van der Waals surface area (Å²) < 4.78 is 26.9. The first-order chi connectivity index (χ1) is 9.13. The van der Waals surface area contributed by atoms with Gasteiger partial charge in [0.25, 0.3) is 0 Å². The Balaban J connectivity index is 2.07. The van der Waals surface area contributed by atoms with Crippen LogP contribution in [0.3, 0.4) is 0 Å². The Morgan fingerprint density at radius 2 is 1.84 bits per heavy atom. The first kappa shape index (κ1) is 14.5. The van der Waals surface area contributed by atoms with Crippen molar-refractivity contribution in [1.82, 2.24) is 4.72 Å². The Kier molecular flexibility index (Phi) is 4.96.